The Hall–Kier alpha value is -2.41. The maximum absolute atomic E-state index is 15.2. The highest BCUT2D eigenvalue weighted by atomic mass is 32.2. The molecule has 26 heavy (non-hydrogen) atoms. The van der Waals surface area contributed by atoms with E-state index in [-0.39, 0.29) is 11.2 Å². The van der Waals surface area contributed by atoms with Crippen LogP contribution >= 0.6 is 11.8 Å². The molecule has 1 N–H and O–H groups in total. The highest BCUT2D eigenvalue weighted by Gasteiger charge is 2.25. The lowest BCUT2D eigenvalue weighted by Crippen LogP contribution is -2.21. The number of aromatic nitrogens is 2. The Kier molecular flexibility index (Phi) is 4.63. The number of thioether (sulfide) groups is 1. The van der Waals surface area contributed by atoms with Gasteiger partial charge >= 0.3 is 0 Å². The number of hydrogen-bond donors (Lipinski definition) is 1. The molecule has 1 aliphatic heterocycles. The zero-order chi connectivity index (χ0) is 18.1. The van der Waals surface area contributed by atoms with E-state index in [1.165, 1.54) is 17.8 Å². The molecular weight excluding hydrogens is 354 g/mol. The average Bonchev–Trinajstić information content (AvgIpc) is 3.17. The van der Waals surface area contributed by atoms with Crippen molar-refractivity contribution in [1.82, 2.24) is 9.97 Å². The number of fused-ring (bicyclic) bond motifs is 1. The summed E-state index contributed by atoms with van der Waals surface area (Å²) in [4.78, 5) is 10.5. The van der Waals surface area contributed by atoms with Crippen LogP contribution in [0.5, 0.6) is 0 Å². The van der Waals surface area contributed by atoms with Gasteiger partial charge in [-0.25, -0.2) is 18.7 Å². The molecule has 0 spiro atoms. The number of anilines is 3. The summed E-state index contributed by atoms with van der Waals surface area (Å²) in [5.74, 6) is -0.791. The van der Waals surface area contributed by atoms with Gasteiger partial charge in [0.25, 0.3) is 0 Å². The van der Waals surface area contributed by atoms with Crippen LogP contribution in [-0.2, 0) is 0 Å². The Morgan fingerprint density at radius 3 is 2.50 bits per heavy atom. The molecule has 3 aromatic rings. The number of rotatable bonds is 4. The summed E-state index contributed by atoms with van der Waals surface area (Å²) in [6.45, 7) is 1.32. The van der Waals surface area contributed by atoms with Crippen LogP contribution in [0.2, 0.25) is 0 Å². The van der Waals surface area contributed by atoms with E-state index in [0.29, 0.717) is 29.5 Å². The molecule has 0 bridgehead atoms. The molecule has 1 fully saturated rings. The minimum Gasteiger partial charge on any atom is -0.367 e. The first kappa shape index (κ1) is 17.0. The van der Waals surface area contributed by atoms with Crippen molar-refractivity contribution in [1.29, 1.82) is 0 Å². The Morgan fingerprint density at radius 2 is 1.81 bits per heavy atom. The standard InChI is InChI=1S/C19H18F2N4S/c1-26-19-23-16-13(18(24-19)22-12-7-3-2-4-8-12)11-14(20)17(15(16)21)25-9-5-6-10-25/h2-4,7-8,11H,5-6,9-10H2,1H3,(H,22,23,24). The lowest BCUT2D eigenvalue weighted by Gasteiger charge is -2.20. The summed E-state index contributed by atoms with van der Waals surface area (Å²) in [6.07, 6.45) is 3.71. The van der Waals surface area contributed by atoms with Crippen molar-refractivity contribution >= 4 is 39.9 Å². The van der Waals surface area contributed by atoms with Crippen LogP contribution in [0.25, 0.3) is 10.9 Å². The van der Waals surface area contributed by atoms with Crippen LogP contribution < -0.4 is 10.2 Å². The number of nitrogens with one attached hydrogen (secondary N) is 1. The molecule has 2 heterocycles. The summed E-state index contributed by atoms with van der Waals surface area (Å²) < 4.78 is 30.0. The zero-order valence-electron chi connectivity index (χ0n) is 14.3. The number of benzene rings is 2. The molecule has 1 saturated heterocycles. The van der Waals surface area contributed by atoms with Crippen molar-refractivity contribution in [3.05, 3.63) is 48.0 Å². The molecule has 1 aromatic heterocycles. The molecular formula is C19H18F2N4S. The monoisotopic (exact) mass is 372 g/mol. The molecule has 0 atom stereocenters. The third kappa shape index (κ3) is 3.07. The van der Waals surface area contributed by atoms with E-state index in [0.717, 1.165) is 18.5 Å². The second-order valence-corrected chi connectivity index (χ2v) is 6.93. The normalized spacial score (nSPS) is 14.2. The lowest BCUT2D eigenvalue weighted by atomic mass is 10.1. The van der Waals surface area contributed by atoms with Crippen molar-refractivity contribution < 1.29 is 8.78 Å². The van der Waals surface area contributed by atoms with Gasteiger partial charge in [0, 0.05) is 24.2 Å². The highest BCUT2D eigenvalue weighted by molar-refractivity contribution is 7.98. The first-order valence-corrected chi connectivity index (χ1v) is 9.70. The van der Waals surface area contributed by atoms with Gasteiger partial charge in [0.05, 0.1) is 0 Å². The van der Waals surface area contributed by atoms with Crippen LogP contribution in [0.4, 0.5) is 26.0 Å². The van der Waals surface area contributed by atoms with Crippen molar-refractivity contribution in [2.45, 2.75) is 18.0 Å². The van der Waals surface area contributed by atoms with Gasteiger partial charge in [-0.05, 0) is 37.3 Å². The summed E-state index contributed by atoms with van der Waals surface area (Å²) in [5.41, 5.74) is 0.960. The fraction of sp³-hybridized carbons (Fsp3) is 0.263. The molecule has 2 aromatic carbocycles. The first-order chi connectivity index (χ1) is 12.7. The van der Waals surface area contributed by atoms with Crippen LogP contribution in [0, 0.1) is 11.6 Å². The van der Waals surface area contributed by atoms with Crippen molar-refractivity contribution in [3.8, 4) is 0 Å². The molecule has 4 nitrogen and oxygen atoms in total. The number of halogens is 2. The van der Waals surface area contributed by atoms with E-state index in [9.17, 15) is 4.39 Å². The van der Waals surface area contributed by atoms with E-state index < -0.39 is 11.6 Å². The van der Waals surface area contributed by atoms with Crippen molar-refractivity contribution in [2.24, 2.45) is 0 Å². The van der Waals surface area contributed by atoms with E-state index in [1.807, 2.05) is 36.6 Å². The predicted octanol–water partition coefficient (Wildman–Crippen LogP) is 4.97. The van der Waals surface area contributed by atoms with Gasteiger partial charge in [0.2, 0.25) is 0 Å². The lowest BCUT2D eigenvalue weighted by molar-refractivity contribution is 0.583. The van der Waals surface area contributed by atoms with Crippen LogP contribution in [0.1, 0.15) is 12.8 Å². The van der Waals surface area contributed by atoms with Crippen LogP contribution in [0.3, 0.4) is 0 Å². The Morgan fingerprint density at radius 1 is 1.08 bits per heavy atom. The van der Waals surface area contributed by atoms with Gasteiger partial charge in [-0.3, -0.25) is 0 Å². The molecule has 0 radical (unpaired) electrons. The Bertz CT molecular complexity index is 943. The zero-order valence-corrected chi connectivity index (χ0v) is 15.1. The molecule has 1 aliphatic rings. The number of hydrogen-bond acceptors (Lipinski definition) is 5. The molecule has 0 saturated carbocycles. The molecule has 4 rings (SSSR count). The van der Waals surface area contributed by atoms with E-state index >= 15 is 4.39 Å². The van der Waals surface area contributed by atoms with E-state index in [4.69, 9.17) is 0 Å². The molecule has 7 heteroatoms. The summed E-state index contributed by atoms with van der Waals surface area (Å²) in [5, 5.41) is 3.93. The maximum Gasteiger partial charge on any atom is 0.189 e. The number of para-hydroxylation sites is 1. The van der Waals surface area contributed by atoms with Gasteiger partial charge < -0.3 is 10.2 Å². The molecule has 0 unspecified atom stereocenters. The number of nitrogens with zero attached hydrogens (tertiary/aromatic N) is 3. The van der Waals surface area contributed by atoms with Gasteiger partial charge in [0.1, 0.15) is 22.8 Å². The second kappa shape index (κ2) is 7.07. The fourth-order valence-electron chi connectivity index (χ4n) is 3.24. The SMILES string of the molecule is CSc1nc(Nc2ccccc2)c2cc(F)c(N3CCCC3)c(F)c2n1. The van der Waals surface area contributed by atoms with E-state index in [1.54, 1.807) is 4.90 Å². The Labute approximate surface area is 154 Å². The molecule has 0 amide bonds. The minimum atomic E-state index is -0.615. The summed E-state index contributed by atoms with van der Waals surface area (Å²) in [6, 6.07) is 10.7. The first-order valence-electron chi connectivity index (χ1n) is 8.48. The quantitative estimate of drug-likeness (QED) is 0.517. The van der Waals surface area contributed by atoms with E-state index in [2.05, 4.69) is 15.3 Å². The van der Waals surface area contributed by atoms with Crippen molar-refractivity contribution in [2.75, 3.05) is 29.6 Å². The third-order valence-corrected chi connectivity index (χ3v) is 5.03. The summed E-state index contributed by atoms with van der Waals surface area (Å²) in [7, 11) is 0. The van der Waals surface area contributed by atoms with Crippen molar-refractivity contribution in [3.63, 3.8) is 0 Å². The van der Waals surface area contributed by atoms with Crippen LogP contribution in [-0.4, -0.2) is 29.3 Å². The smallest absolute Gasteiger partial charge is 0.189 e. The highest BCUT2D eigenvalue weighted by Crippen LogP contribution is 2.35. The largest absolute Gasteiger partial charge is 0.367 e. The molecule has 0 aliphatic carbocycles. The predicted molar refractivity (Wildman–Crippen MR) is 102 cm³/mol. The van der Waals surface area contributed by atoms with Gasteiger partial charge in [-0.15, -0.1) is 0 Å². The third-order valence-electron chi connectivity index (χ3n) is 4.48. The van der Waals surface area contributed by atoms with Crippen LogP contribution in [0.15, 0.2) is 41.6 Å². The Balaban J connectivity index is 1.89. The average molecular weight is 372 g/mol. The minimum absolute atomic E-state index is 0.0198. The topological polar surface area (TPSA) is 41.1 Å². The maximum atomic E-state index is 15.2. The summed E-state index contributed by atoms with van der Waals surface area (Å²) >= 11 is 1.32. The van der Waals surface area contributed by atoms with Gasteiger partial charge in [-0.1, -0.05) is 30.0 Å². The van der Waals surface area contributed by atoms with Gasteiger partial charge in [0.15, 0.2) is 11.0 Å². The molecule has 134 valence electrons. The second-order valence-electron chi connectivity index (χ2n) is 6.16. The fourth-order valence-corrected chi connectivity index (χ4v) is 3.61. The van der Waals surface area contributed by atoms with Gasteiger partial charge in [-0.2, -0.15) is 0 Å².